The van der Waals surface area contributed by atoms with Gasteiger partial charge in [-0.3, -0.25) is 4.90 Å². The average molecular weight is 309 g/mol. The highest BCUT2D eigenvalue weighted by Crippen LogP contribution is 2.19. The zero-order valence-electron chi connectivity index (χ0n) is 9.35. The van der Waals surface area contributed by atoms with Crippen LogP contribution in [0.1, 0.15) is 18.9 Å². The molecule has 0 aromatic heterocycles. The van der Waals surface area contributed by atoms with E-state index < -0.39 is 0 Å². The summed E-state index contributed by atoms with van der Waals surface area (Å²) in [4.78, 5) is 2.21. The first kappa shape index (κ1) is 13.9. The Hall–Kier alpha value is -0.120. The highest BCUT2D eigenvalue weighted by molar-refractivity contribution is 9.09. The summed E-state index contributed by atoms with van der Waals surface area (Å²) >= 11 is 9.15. The molecule has 0 unspecified atom stereocenters. The Morgan fingerprint density at radius 1 is 1.38 bits per heavy atom. The molecule has 0 aliphatic carbocycles. The van der Waals surface area contributed by atoms with Gasteiger partial charge in [-0.05, 0) is 19.0 Å². The monoisotopic (exact) mass is 307 g/mol. The Morgan fingerprint density at radius 2 is 2.12 bits per heavy atom. The summed E-state index contributed by atoms with van der Waals surface area (Å²) in [7, 11) is 0. The lowest BCUT2D eigenvalue weighted by Crippen LogP contribution is -2.26. The molecule has 0 spiro atoms. The van der Waals surface area contributed by atoms with E-state index in [0.29, 0.717) is 12.1 Å². The van der Waals surface area contributed by atoms with Gasteiger partial charge >= 0.3 is 0 Å². The number of hydrogen-bond donors (Lipinski definition) is 0. The minimum Gasteiger partial charge on any atom is -0.298 e. The highest BCUT2D eigenvalue weighted by atomic mass is 79.9. The van der Waals surface area contributed by atoms with Crippen molar-refractivity contribution in [1.29, 1.82) is 0 Å². The predicted octanol–water partition coefficient (Wildman–Crippen LogP) is 4.09. The van der Waals surface area contributed by atoms with Gasteiger partial charge in [-0.25, -0.2) is 4.39 Å². The van der Waals surface area contributed by atoms with Gasteiger partial charge in [-0.15, -0.1) is 0 Å². The Bertz CT molecular complexity index is 327. The molecule has 4 heteroatoms. The summed E-state index contributed by atoms with van der Waals surface area (Å²) in [6, 6.07) is 5.16. The largest absolute Gasteiger partial charge is 0.298 e. The summed E-state index contributed by atoms with van der Waals surface area (Å²) in [5, 5.41) is 1.10. The lowest BCUT2D eigenvalue weighted by atomic mass is 10.2. The lowest BCUT2D eigenvalue weighted by Gasteiger charge is -2.21. The average Bonchev–Trinajstić information content (AvgIpc) is 2.25. The molecule has 0 atom stereocenters. The van der Waals surface area contributed by atoms with Crippen molar-refractivity contribution in [2.75, 3.05) is 18.4 Å². The van der Waals surface area contributed by atoms with Crippen molar-refractivity contribution < 1.29 is 4.39 Å². The molecular formula is C12H16BrClFN. The van der Waals surface area contributed by atoms with Crippen molar-refractivity contribution in [2.45, 2.75) is 19.9 Å². The van der Waals surface area contributed by atoms with E-state index in [1.54, 1.807) is 18.2 Å². The van der Waals surface area contributed by atoms with Crippen molar-refractivity contribution in [3.63, 3.8) is 0 Å². The van der Waals surface area contributed by atoms with Crippen molar-refractivity contribution in [3.8, 4) is 0 Å². The van der Waals surface area contributed by atoms with Gasteiger partial charge in [-0.2, -0.15) is 0 Å². The summed E-state index contributed by atoms with van der Waals surface area (Å²) < 4.78 is 13.7. The second-order valence-electron chi connectivity index (χ2n) is 3.68. The van der Waals surface area contributed by atoms with Crippen LogP contribution in [-0.4, -0.2) is 23.3 Å². The molecule has 0 aliphatic rings. The number of halogens is 3. The van der Waals surface area contributed by atoms with Crippen LogP contribution in [0.5, 0.6) is 0 Å². The van der Waals surface area contributed by atoms with E-state index in [1.807, 2.05) is 0 Å². The molecule has 1 nitrogen and oxygen atoms in total. The Balaban J connectivity index is 2.72. The van der Waals surface area contributed by atoms with Crippen molar-refractivity contribution >= 4 is 27.5 Å². The number of nitrogens with zero attached hydrogens (tertiary/aromatic N) is 1. The van der Waals surface area contributed by atoms with E-state index in [-0.39, 0.29) is 10.8 Å². The first-order valence-corrected chi connectivity index (χ1v) is 6.90. The molecule has 1 rings (SSSR count). The zero-order valence-corrected chi connectivity index (χ0v) is 11.7. The molecule has 0 amide bonds. The van der Waals surface area contributed by atoms with Gasteiger partial charge in [-0.1, -0.05) is 46.6 Å². The molecule has 0 heterocycles. The molecule has 0 saturated heterocycles. The number of alkyl halides is 1. The molecule has 0 N–H and O–H groups in total. The van der Waals surface area contributed by atoms with E-state index in [9.17, 15) is 4.39 Å². The molecule has 0 radical (unpaired) electrons. The minimum absolute atomic E-state index is 0.202. The standard InChI is InChI=1S/C12H16BrClFN/c1-2-7-16(8-6-13)9-10-4-3-5-11(14)12(10)15/h3-5H,2,6-9H2,1H3. The summed E-state index contributed by atoms with van der Waals surface area (Å²) in [6.45, 7) is 4.62. The first-order chi connectivity index (χ1) is 7.69. The van der Waals surface area contributed by atoms with Gasteiger partial charge in [0.05, 0.1) is 5.02 Å². The van der Waals surface area contributed by atoms with Gasteiger partial charge in [0.1, 0.15) is 5.82 Å². The second-order valence-corrected chi connectivity index (χ2v) is 4.88. The third kappa shape index (κ3) is 4.04. The second kappa shape index (κ2) is 7.25. The first-order valence-electron chi connectivity index (χ1n) is 5.40. The van der Waals surface area contributed by atoms with Crippen LogP contribution in [0.25, 0.3) is 0 Å². The predicted molar refractivity (Wildman–Crippen MR) is 70.8 cm³/mol. The molecule has 1 aromatic carbocycles. The highest BCUT2D eigenvalue weighted by Gasteiger charge is 2.10. The fraction of sp³-hybridized carbons (Fsp3) is 0.500. The smallest absolute Gasteiger partial charge is 0.146 e. The quantitative estimate of drug-likeness (QED) is 0.716. The van der Waals surface area contributed by atoms with Crippen LogP contribution in [0, 0.1) is 5.82 Å². The maximum absolute atomic E-state index is 13.7. The third-order valence-corrected chi connectivity index (χ3v) is 3.01. The molecule has 0 aliphatic heterocycles. The van der Waals surface area contributed by atoms with E-state index in [1.165, 1.54) is 0 Å². The minimum atomic E-state index is -0.292. The van der Waals surface area contributed by atoms with Crippen LogP contribution in [-0.2, 0) is 6.54 Å². The normalized spacial score (nSPS) is 11.1. The number of rotatable bonds is 6. The van der Waals surface area contributed by atoms with Crippen molar-refractivity contribution in [2.24, 2.45) is 0 Å². The summed E-state index contributed by atoms with van der Waals surface area (Å²) in [5.41, 5.74) is 0.668. The molecule has 1 aromatic rings. The maximum atomic E-state index is 13.7. The van der Waals surface area contributed by atoms with Crippen LogP contribution >= 0.6 is 27.5 Å². The molecule has 0 saturated carbocycles. The van der Waals surface area contributed by atoms with Crippen LogP contribution in [0.2, 0.25) is 5.02 Å². The van der Waals surface area contributed by atoms with Crippen molar-refractivity contribution in [3.05, 3.63) is 34.6 Å². The number of benzene rings is 1. The maximum Gasteiger partial charge on any atom is 0.146 e. The van der Waals surface area contributed by atoms with Crippen LogP contribution < -0.4 is 0 Å². The zero-order chi connectivity index (χ0) is 12.0. The van der Waals surface area contributed by atoms with E-state index >= 15 is 0 Å². The third-order valence-electron chi connectivity index (χ3n) is 2.37. The summed E-state index contributed by atoms with van der Waals surface area (Å²) in [6.07, 6.45) is 1.06. The van der Waals surface area contributed by atoms with Crippen molar-refractivity contribution in [1.82, 2.24) is 4.90 Å². The van der Waals surface area contributed by atoms with Gasteiger partial charge in [0.25, 0.3) is 0 Å². The molecule has 0 fully saturated rings. The molecule has 16 heavy (non-hydrogen) atoms. The Labute approximate surface area is 110 Å². The Kier molecular flexibility index (Phi) is 6.32. The van der Waals surface area contributed by atoms with Crippen LogP contribution in [0.4, 0.5) is 4.39 Å². The fourth-order valence-corrected chi connectivity index (χ4v) is 2.31. The molecular weight excluding hydrogens is 292 g/mol. The molecule has 90 valence electrons. The SMILES string of the molecule is CCCN(CCBr)Cc1cccc(Cl)c1F. The van der Waals surface area contributed by atoms with Gasteiger partial charge < -0.3 is 0 Å². The van der Waals surface area contributed by atoms with E-state index in [0.717, 1.165) is 24.8 Å². The van der Waals surface area contributed by atoms with Gasteiger partial charge in [0.15, 0.2) is 0 Å². The van der Waals surface area contributed by atoms with Crippen LogP contribution in [0.15, 0.2) is 18.2 Å². The lowest BCUT2D eigenvalue weighted by molar-refractivity contribution is 0.279. The van der Waals surface area contributed by atoms with E-state index in [2.05, 4.69) is 27.8 Å². The van der Waals surface area contributed by atoms with Gasteiger partial charge in [0.2, 0.25) is 0 Å². The topological polar surface area (TPSA) is 3.24 Å². The number of hydrogen-bond acceptors (Lipinski definition) is 1. The summed E-state index contributed by atoms with van der Waals surface area (Å²) in [5.74, 6) is -0.292. The van der Waals surface area contributed by atoms with Crippen LogP contribution in [0.3, 0.4) is 0 Å². The Morgan fingerprint density at radius 3 is 2.75 bits per heavy atom. The van der Waals surface area contributed by atoms with Gasteiger partial charge in [0, 0.05) is 24.0 Å². The fourth-order valence-electron chi connectivity index (χ4n) is 1.62. The molecule has 0 bridgehead atoms. The van der Waals surface area contributed by atoms with E-state index in [4.69, 9.17) is 11.6 Å².